The van der Waals surface area contributed by atoms with Crippen LogP contribution in [0, 0.1) is 6.92 Å². The van der Waals surface area contributed by atoms with Crippen molar-refractivity contribution in [2.24, 2.45) is 0 Å². The van der Waals surface area contributed by atoms with Crippen LogP contribution in [0.3, 0.4) is 0 Å². The number of nitrogens with zero attached hydrogens (tertiary/aromatic N) is 1. The molecule has 106 valence electrons. The first-order valence-electron chi connectivity index (χ1n) is 6.12. The van der Waals surface area contributed by atoms with Crippen molar-refractivity contribution in [3.8, 4) is 16.3 Å². The molecule has 0 saturated carbocycles. The van der Waals surface area contributed by atoms with Crippen LogP contribution in [0.1, 0.15) is 15.4 Å². The zero-order chi connectivity index (χ0) is 14.8. The average molecular weight is 336 g/mol. The lowest BCUT2D eigenvalue weighted by molar-refractivity contribution is 0.0739. The summed E-state index contributed by atoms with van der Waals surface area (Å²) in [4.78, 5) is 17.2. The van der Waals surface area contributed by atoms with Crippen LogP contribution in [0.2, 0.25) is 5.02 Å². The first-order valence-corrected chi connectivity index (χ1v) is 8.25. The Bertz CT molecular complexity index is 781. The number of halogens is 1. The number of para-hydroxylation sites is 1. The molecule has 0 fully saturated rings. The molecule has 1 aromatic carbocycles. The molecule has 0 amide bonds. The second-order valence-electron chi connectivity index (χ2n) is 4.27. The maximum Gasteiger partial charge on any atom is 0.355 e. The Kier molecular flexibility index (Phi) is 4.05. The molecule has 0 spiro atoms. The quantitative estimate of drug-likeness (QED) is 0.496. The molecule has 0 unspecified atom stereocenters. The van der Waals surface area contributed by atoms with Crippen molar-refractivity contribution in [2.45, 2.75) is 6.92 Å². The number of ether oxygens (including phenoxy) is 1. The second kappa shape index (κ2) is 5.97. The van der Waals surface area contributed by atoms with E-state index in [2.05, 4.69) is 4.98 Å². The maximum atomic E-state index is 12.3. The van der Waals surface area contributed by atoms with Gasteiger partial charge in [0.15, 0.2) is 0 Å². The number of carbonyl (C=O) groups is 1. The number of carbonyl (C=O) groups excluding carboxylic acids is 1. The fourth-order valence-electron chi connectivity index (χ4n) is 1.77. The molecule has 0 aliphatic heterocycles. The number of aryl methyl sites for hydroxylation is 1. The number of rotatable bonds is 3. The number of aromatic nitrogens is 1. The number of benzene rings is 1. The number of hydrogen-bond acceptors (Lipinski definition) is 5. The fraction of sp³-hybridized carbons (Fsp3) is 0.0667. The Morgan fingerprint density at radius 2 is 2.10 bits per heavy atom. The number of esters is 1. The summed E-state index contributed by atoms with van der Waals surface area (Å²) >= 11 is 8.92. The Hall–Kier alpha value is -1.69. The fourth-order valence-corrected chi connectivity index (χ4v) is 3.60. The van der Waals surface area contributed by atoms with Gasteiger partial charge in [0.1, 0.15) is 15.6 Å². The van der Waals surface area contributed by atoms with E-state index in [9.17, 15) is 4.79 Å². The third-order valence-electron chi connectivity index (χ3n) is 2.79. The highest BCUT2D eigenvalue weighted by Crippen LogP contribution is 2.31. The molecule has 0 radical (unpaired) electrons. The van der Waals surface area contributed by atoms with E-state index in [4.69, 9.17) is 16.3 Å². The van der Waals surface area contributed by atoms with Crippen LogP contribution in [0.4, 0.5) is 0 Å². The van der Waals surface area contributed by atoms with Gasteiger partial charge < -0.3 is 4.74 Å². The van der Waals surface area contributed by atoms with Crippen LogP contribution in [0.25, 0.3) is 10.6 Å². The van der Waals surface area contributed by atoms with Crippen molar-refractivity contribution in [1.82, 2.24) is 4.98 Å². The van der Waals surface area contributed by atoms with Gasteiger partial charge >= 0.3 is 5.97 Å². The SMILES string of the molecule is Cc1nc(-c2ccsc2)sc1C(=O)Oc1ccccc1Cl. The summed E-state index contributed by atoms with van der Waals surface area (Å²) in [5, 5.41) is 5.21. The van der Waals surface area contributed by atoms with Crippen LogP contribution < -0.4 is 4.74 Å². The van der Waals surface area contributed by atoms with Crippen LogP contribution in [0.5, 0.6) is 5.75 Å². The van der Waals surface area contributed by atoms with Gasteiger partial charge in [0, 0.05) is 10.9 Å². The van der Waals surface area contributed by atoms with Gasteiger partial charge in [0.05, 0.1) is 10.7 Å². The summed E-state index contributed by atoms with van der Waals surface area (Å²) < 4.78 is 5.34. The van der Waals surface area contributed by atoms with Crippen molar-refractivity contribution >= 4 is 40.2 Å². The molecule has 2 heterocycles. The monoisotopic (exact) mass is 335 g/mol. The smallest absolute Gasteiger partial charge is 0.355 e. The van der Waals surface area contributed by atoms with Gasteiger partial charge in [-0.3, -0.25) is 0 Å². The summed E-state index contributed by atoms with van der Waals surface area (Å²) in [5.74, 6) is -0.0753. The summed E-state index contributed by atoms with van der Waals surface area (Å²) in [6, 6.07) is 8.88. The molecule has 6 heteroatoms. The second-order valence-corrected chi connectivity index (χ2v) is 6.45. The van der Waals surface area contributed by atoms with Crippen LogP contribution in [0.15, 0.2) is 41.1 Å². The van der Waals surface area contributed by atoms with Crippen LogP contribution >= 0.6 is 34.3 Å². The highest BCUT2D eigenvalue weighted by Gasteiger charge is 2.19. The Balaban J connectivity index is 1.87. The highest BCUT2D eigenvalue weighted by atomic mass is 35.5. The van der Waals surface area contributed by atoms with Crippen molar-refractivity contribution in [3.05, 3.63) is 56.7 Å². The lowest BCUT2D eigenvalue weighted by atomic mass is 10.3. The zero-order valence-electron chi connectivity index (χ0n) is 11.0. The molecular weight excluding hydrogens is 326 g/mol. The van der Waals surface area contributed by atoms with E-state index in [1.807, 2.05) is 16.8 Å². The lowest BCUT2D eigenvalue weighted by Gasteiger charge is -2.04. The molecule has 3 nitrogen and oxygen atoms in total. The molecular formula is C15H10ClNO2S2. The van der Waals surface area contributed by atoms with Gasteiger partial charge in [-0.1, -0.05) is 23.7 Å². The minimum atomic E-state index is -0.431. The van der Waals surface area contributed by atoms with Gasteiger partial charge in [-0.2, -0.15) is 11.3 Å². The first kappa shape index (κ1) is 14.3. The largest absolute Gasteiger partial charge is 0.421 e. The highest BCUT2D eigenvalue weighted by molar-refractivity contribution is 7.17. The van der Waals surface area contributed by atoms with E-state index >= 15 is 0 Å². The molecule has 21 heavy (non-hydrogen) atoms. The van der Waals surface area contributed by atoms with E-state index in [0.29, 0.717) is 21.3 Å². The van der Waals surface area contributed by atoms with E-state index in [1.54, 1.807) is 42.5 Å². The molecule has 0 N–H and O–H groups in total. The predicted molar refractivity (Wildman–Crippen MR) is 86.6 cm³/mol. The summed E-state index contributed by atoms with van der Waals surface area (Å²) in [6.07, 6.45) is 0. The molecule has 0 saturated heterocycles. The lowest BCUT2D eigenvalue weighted by Crippen LogP contribution is -2.08. The van der Waals surface area contributed by atoms with Crippen molar-refractivity contribution in [3.63, 3.8) is 0 Å². The normalized spacial score (nSPS) is 10.6. The van der Waals surface area contributed by atoms with Gasteiger partial charge in [0.25, 0.3) is 0 Å². The Labute approximate surface area is 134 Å². The maximum absolute atomic E-state index is 12.3. The predicted octanol–water partition coefficient (Wildman–Crippen LogP) is 5.05. The van der Waals surface area contributed by atoms with Gasteiger partial charge in [-0.25, -0.2) is 9.78 Å². The van der Waals surface area contributed by atoms with E-state index in [1.165, 1.54) is 11.3 Å². The molecule has 0 bridgehead atoms. The minimum absolute atomic E-state index is 0.356. The van der Waals surface area contributed by atoms with E-state index in [-0.39, 0.29) is 0 Å². The third-order valence-corrected chi connectivity index (χ3v) is 4.97. The number of hydrogen-bond donors (Lipinski definition) is 0. The summed E-state index contributed by atoms with van der Waals surface area (Å²) in [7, 11) is 0. The van der Waals surface area contributed by atoms with E-state index < -0.39 is 5.97 Å². The third kappa shape index (κ3) is 3.00. The topological polar surface area (TPSA) is 39.2 Å². The van der Waals surface area contributed by atoms with Crippen LogP contribution in [-0.2, 0) is 0 Å². The summed E-state index contributed by atoms with van der Waals surface area (Å²) in [5.41, 5.74) is 1.68. The summed E-state index contributed by atoms with van der Waals surface area (Å²) in [6.45, 7) is 1.80. The van der Waals surface area contributed by atoms with Gasteiger partial charge in [-0.05, 0) is 30.5 Å². The van der Waals surface area contributed by atoms with Gasteiger partial charge in [-0.15, -0.1) is 11.3 Å². The molecule has 2 aromatic heterocycles. The van der Waals surface area contributed by atoms with Gasteiger partial charge in [0.2, 0.25) is 0 Å². The standard InChI is InChI=1S/C15H10ClNO2S2/c1-9-13(21-14(17-9)10-6-7-20-8-10)15(18)19-12-5-3-2-4-11(12)16/h2-8H,1H3. The Morgan fingerprint density at radius 1 is 1.29 bits per heavy atom. The van der Waals surface area contributed by atoms with Crippen LogP contribution in [-0.4, -0.2) is 11.0 Å². The number of thiophene rings is 1. The van der Waals surface area contributed by atoms with E-state index in [0.717, 1.165) is 10.6 Å². The molecule has 0 atom stereocenters. The first-order chi connectivity index (χ1) is 10.1. The molecule has 3 aromatic rings. The zero-order valence-corrected chi connectivity index (χ0v) is 13.4. The van der Waals surface area contributed by atoms with Crippen molar-refractivity contribution < 1.29 is 9.53 Å². The Morgan fingerprint density at radius 3 is 2.81 bits per heavy atom. The van der Waals surface area contributed by atoms with Crippen molar-refractivity contribution in [1.29, 1.82) is 0 Å². The average Bonchev–Trinajstić information content (AvgIpc) is 3.10. The molecule has 0 aliphatic carbocycles. The number of thiazole rings is 1. The molecule has 3 rings (SSSR count). The molecule has 0 aliphatic rings. The van der Waals surface area contributed by atoms with Crippen molar-refractivity contribution in [2.75, 3.05) is 0 Å². The minimum Gasteiger partial charge on any atom is -0.421 e.